The van der Waals surface area contributed by atoms with Gasteiger partial charge in [-0.25, -0.2) is 4.79 Å². The van der Waals surface area contributed by atoms with Gasteiger partial charge in [0.25, 0.3) is 0 Å². The van der Waals surface area contributed by atoms with Crippen LogP contribution >= 0.6 is 0 Å². The van der Waals surface area contributed by atoms with Gasteiger partial charge in [0.2, 0.25) is 0 Å². The lowest BCUT2D eigenvalue weighted by atomic mass is 10.3. The fourth-order valence-electron chi connectivity index (χ4n) is 2.02. The van der Waals surface area contributed by atoms with Crippen LogP contribution in [0.4, 0.5) is 0 Å². The number of esters is 1. The Hall–Kier alpha value is -2.11. The van der Waals surface area contributed by atoms with E-state index in [1.807, 2.05) is 4.68 Å². The van der Waals surface area contributed by atoms with Crippen LogP contribution in [-0.4, -0.2) is 32.1 Å². The molecule has 0 unspecified atom stereocenters. The lowest BCUT2D eigenvalue weighted by Crippen LogP contribution is -2.08. The van der Waals surface area contributed by atoms with E-state index in [2.05, 4.69) is 30.1 Å². The second-order valence-electron chi connectivity index (χ2n) is 4.44. The van der Waals surface area contributed by atoms with Gasteiger partial charge in [0.1, 0.15) is 0 Å². The van der Waals surface area contributed by atoms with Gasteiger partial charge in [0.15, 0.2) is 0 Å². The molecule has 2 heterocycles. The monoisotopic (exact) mass is 276 g/mol. The number of rotatable bonds is 6. The molecule has 0 aliphatic heterocycles. The quantitative estimate of drug-likeness (QED) is 0.756. The van der Waals surface area contributed by atoms with Crippen LogP contribution in [0.1, 0.15) is 42.5 Å². The summed E-state index contributed by atoms with van der Waals surface area (Å²) in [6.07, 6.45) is 4.15. The lowest BCUT2D eigenvalue weighted by molar-refractivity contribution is 0.0526. The zero-order chi connectivity index (χ0) is 14.5. The molecule has 0 aliphatic rings. The Morgan fingerprint density at radius 2 is 2.15 bits per heavy atom. The summed E-state index contributed by atoms with van der Waals surface area (Å²) in [5.41, 5.74) is 2.63. The average molecular weight is 276 g/mol. The van der Waals surface area contributed by atoms with E-state index in [1.165, 1.54) is 6.20 Å². The zero-order valence-corrected chi connectivity index (χ0v) is 12.2. The van der Waals surface area contributed by atoms with E-state index in [0.717, 1.165) is 24.4 Å². The van der Waals surface area contributed by atoms with Gasteiger partial charge >= 0.3 is 5.97 Å². The van der Waals surface area contributed by atoms with Gasteiger partial charge < -0.3 is 4.74 Å². The van der Waals surface area contributed by atoms with E-state index in [4.69, 9.17) is 4.74 Å². The van der Waals surface area contributed by atoms with E-state index in [1.54, 1.807) is 17.8 Å². The van der Waals surface area contributed by atoms with Crippen LogP contribution in [0, 0.1) is 0 Å². The highest BCUT2D eigenvalue weighted by Gasteiger charge is 2.11. The summed E-state index contributed by atoms with van der Waals surface area (Å²) >= 11 is 0. The van der Waals surface area contributed by atoms with Crippen LogP contribution in [0.5, 0.6) is 0 Å². The number of aromatic nitrogens is 4. The molecule has 20 heavy (non-hydrogen) atoms. The van der Waals surface area contributed by atoms with Gasteiger partial charge in [-0.15, -0.1) is 0 Å². The van der Waals surface area contributed by atoms with Crippen molar-refractivity contribution in [2.45, 2.75) is 40.3 Å². The Morgan fingerprint density at radius 3 is 2.80 bits per heavy atom. The molecular formula is C14H20N4O2. The van der Waals surface area contributed by atoms with Crippen molar-refractivity contribution in [3.05, 3.63) is 35.4 Å². The van der Waals surface area contributed by atoms with E-state index >= 15 is 0 Å². The lowest BCUT2D eigenvalue weighted by Gasteiger charge is -2.04. The van der Waals surface area contributed by atoms with Crippen molar-refractivity contribution in [3.63, 3.8) is 0 Å². The van der Waals surface area contributed by atoms with Crippen molar-refractivity contribution < 1.29 is 9.53 Å². The first-order chi connectivity index (χ1) is 9.67. The van der Waals surface area contributed by atoms with Crippen LogP contribution in [0.25, 0.3) is 0 Å². The second-order valence-corrected chi connectivity index (χ2v) is 4.44. The molecule has 2 rings (SSSR count). The number of nitrogens with zero attached hydrogens (tertiary/aromatic N) is 4. The number of ether oxygens (including phenoxy) is 1. The largest absolute Gasteiger partial charge is 0.462 e. The van der Waals surface area contributed by atoms with Crippen LogP contribution in [0.3, 0.4) is 0 Å². The van der Waals surface area contributed by atoms with Gasteiger partial charge in [-0.2, -0.15) is 10.2 Å². The van der Waals surface area contributed by atoms with Crippen LogP contribution < -0.4 is 0 Å². The highest BCUT2D eigenvalue weighted by molar-refractivity contribution is 5.88. The molecule has 2 aromatic rings. The van der Waals surface area contributed by atoms with Crippen molar-refractivity contribution in [1.29, 1.82) is 0 Å². The molecule has 0 bridgehead atoms. The van der Waals surface area contributed by atoms with Crippen LogP contribution in [0.2, 0.25) is 0 Å². The van der Waals surface area contributed by atoms with Crippen molar-refractivity contribution in [2.24, 2.45) is 0 Å². The van der Waals surface area contributed by atoms with Crippen LogP contribution in [0.15, 0.2) is 18.5 Å². The number of aryl methyl sites for hydroxylation is 2. The molecule has 0 fully saturated rings. The molecule has 108 valence electrons. The minimum absolute atomic E-state index is 0.336. The molecule has 6 nitrogen and oxygen atoms in total. The third kappa shape index (κ3) is 3.07. The van der Waals surface area contributed by atoms with E-state index in [0.29, 0.717) is 18.7 Å². The molecule has 0 saturated carbocycles. The first-order valence-corrected chi connectivity index (χ1v) is 6.93. The standard InChI is InChI=1S/C14H20N4O2/c1-4-12-7-13(18(5-2)16-12)10-17-9-11(8-15-17)14(19)20-6-3/h7-9H,4-6,10H2,1-3H3. The fourth-order valence-corrected chi connectivity index (χ4v) is 2.02. The Bertz CT molecular complexity index is 586. The van der Waals surface area contributed by atoms with E-state index in [-0.39, 0.29) is 5.97 Å². The average Bonchev–Trinajstić information content (AvgIpc) is 3.06. The minimum atomic E-state index is -0.336. The molecule has 0 atom stereocenters. The SMILES string of the molecule is CCOC(=O)c1cnn(Cc2cc(CC)nn2CC)c1. The fraction of sp³-hybridized carbons (Fsp3) is 0.500. The third-order valence-electron chi connectivity index (χ3n) is 3.04. The smallest absolute Gasteiger partial charge is 0.341 e. The molecular weight excluding hydrogens is 256 g/mol. The highest BCUT2D eigenvalue weighted by atomic mass is 16.5. The molecule has 0 N–H and O–H groups in total. The first kappa shape index (κ1) is 14.3. The molecule has 0 aromatic carbocycles. The first-order valence-electron chi connectivity index (χ1n) is 6.93. The molecule has 0 radical (unpaired) electrons. The van der Waals surface area contributed by atoms with Gasteiger partial charge in [-0.05, 0) is 26.3 Å². The summed E-state index contributed by atoms with van der Waals surface area (Å²) in [7, 11) is 0. The summed E-state index contributed by atoms with van der Waals surface area (Å²) in [5, 5.41) is 8.70. The van der Waals surface area contributed by atoms with Crippen molar-refractivity contribution in [3.8, 4) is 0 Å². The minimum Gasteiger partial charge on any atom is -0.462 e. The maximum absolute atomic E-state index is 11.6. The number of carbonyl (C=O) groups is 1. The van der Waals surface area contributed by atoms with Crippen molar-refractivity contribution >= 4 is 5.97 Å². The predicted octanol–water partition coefficient (Wildman–Crippen LogP) is 1.89. The Labute approximate surface area is 118 Å². The van der Waals surface area contributed by atoms with Gasteiger partial charge in [0, 0.05) is 12.7 Å². The number of hydrogen-bond donors (Lipinski definition) is 0. The van der Waals surface area contributed by atoms with Crippen molar-refractivity contribution in [1.82, 2.24) is 19.6 Å². The maximum Gasteiger partial charge on any atom is 0.341 e. The molecule has 0 aliphatic carbocycles. The number of hydrogen-bond acceptors (Lipinski definition) is 4. The number of carbonyl (C=O) groups excluding carboxylic acids is 1. The summed E-state index contributed by atoms with van der Waals surface area (Å²) in [6, 6.07) is 2.08. The van der Waals surface area contributed by atoms with Gasteiger partial charge in [-0.1, -0.05) is 6.92 Å². The second kappa shape index (κ2) is 6.36. The normalized spacial score (nSPS) is 10.8. The molecule has 0 spiro atoms. The van der Waals surface area contributed by atoms with E-state index < -0.39 is 0 Å². The van der Waals surface area contributed by atoms with Crippen molar-refractivity contribution in [2.75, 3.05) is 6.61 Å². The van der Waals surface area contributed by atoms with Crippen LogP contribution in [-0.2, 0) is 24.2 Å². The molecule has 6 heteroatoms. The molecule has 0 saturated heterocycles. The predicted molar refractivity (Wildman–Crippen MR) is 74.6 cm³/mol. The summed E-state index contributed by atoms with van der Waals surface area (Å²) in [6.45, 7) is 7.71. The summed E-state index contributed by atoms with van der Waals surface area (Å²) in [4.78, 5) is 11.6. The van der Waals surface area contributed by atoms with Gasteiger partial charge in [0.05, 0.1) is 36.3 Å². The third-order valence-corrected chi connectivity index (χ3v) is 3.04. The Morgan fingerprint density at radius 1 is 1.35 bits per heavy atom. The summed E-state index contributed by atoms with van der Waals surface area (Å²) in [5.74, 6) is -0.336. The Balaban J connectivity index is 2.14. The highest BCUT2D eigenvalue weighted by Crippen LogP contribution is 2.09. The van der Waals surface area contributed by atoms with E-state index in [9.17, 15) is 4.79 Å². The summed E-state index contributed by atoms with van der Waals surface area (Å²) < 4.78 is 8.64. The van der Waals surface area contributed by atoms with Gasteiger partial charge in [-0.3, -0.25) is 9.36 Å². The molecule has 2 aromatic heterocycles. The Kier molecular flexibility index (Phi) is 4.55. The topological polar surface area (TPSA) is 61.9 Å². The zero-order valence-electron chi connectivity index (χ0n) is 12.2. The molecule has 0 amide bonds. The maximum atomic E-state index is 11.6.